The van der Waals surface area contributed by atoms with Crippen molar-refractivity contribution < 1.29 is 4.74 Å². The third-order valence-corrected chi connectivity index (χ3v) is 4.03. The number of aromatic nitrogens is 1. The van der Waals surface area contributed by atoms with Crippen LogP contribution in [-0.4, -0.2) is 31.3 Å². The molecule has 1 aromatic carbocycles. The van der Waals surface area contributed by atoms with Gasteiger partial charge in [0.1, 0.15) is 5.52 Å². The highest BCUT2D eigenvalue weighted by molar-refractivity contribution is 7.16. The first kappa shape index (κ1) is 14.5. The summed E-state index contributed by atoms with van der Waals surface area (Å²) in [6.45, 7) is 1.30. The summed E-state index contributed by atoms with van der Waals surface area (Å²) in [7, 11) is 1.70. The standard InChI is InChI=1S/C13H18ClN3OS/c1-18-7-9(3-2-6-15)17-12-10(14)4-5-11-13(12)16-8-19-11/h4-5,8-9,17H,2-3,6-7,15H2,1H3. The van der Waals surface area contributed by atoms with Crippen LogP contribution in [0.2, 0.25) is 5.02 Å². The fourth-order valence-electron chi connectivity index (χ4n) is 2.01. The van der Waals surface area contributed by atoms with Crippen LogP contribution in [0.1, 0.15) is 12.8 Å². The van der Waals surface area contributed by atoms with Gasteiger partial charge in [0.05, 0.1) is 27.5 Å². The van der Waals surface area contributed by atoms with E-state index in [2.05, 4.69) is 10.3 Å². The van der Waals surface area contributed by atoms with Crippen molar-refractivity contribution in [3.63, 3.8) is 0 Å². The first-order valence-electron chi connectivity index (χ1n) is 6.23. The maximum absolute atomic E-state index is 6.28. The summed E-state index contributed by atoms with van der Waals surface area (Å²) in [5.41, 5.74) is 9.21. The number of benzene rings is 1. The van der Waals surface area contributed by atoms with E-state index in [1.807, 2.05) is 17.6 Å². The molecule has 4 nitrogen and oxygen atoms in total. The molecule has 3 N–H and O–H groups in total. The van der Waals surface area contributed by atoms with Gasteiger partial charge in [-0.1, -0.05) is 11.6 Å². The van der Waals surface area contributed by atoms with Crippen LogP contribution in [0.15, 0.2) is 17.6 Å². The Balaban J connectivity index is 2.21. The molecule has 0 radical (unpaired) electrons. The van der Waals surface area contributed by atoms with Gasteiger partial charge in [0, 0.05) is 13.2 Å². The molecular formula is C13H18ClN3OS. The lowest BCUT2D eigenvalue weighted by Crippen LogP contribution is -2.26. The summed E-state index contributed by atoms with van der Waals surface area (Å²) in [5.74, 6) is 0. The van der Waals surface area contributed by atoms with Crippen LogP contribution in [0, 0.1) is 0 Å². The lowest BCUT2D eigenvalue weighted by Gasteiger charge is -2.20. The largest absolute Gasteiger partial charge is 0.383 e. The van der Waals surface area contributed by atoms with E-state index < -0.39 is 0 Å². The Kier molecular flexibility index (Phi) is 5.39. The second kappa shape index (κ2) is 7.05. The normalized spacial score (nSPS) is 12.8. The Bertz CT molecular complexity index is 532. The number of rotatable bonds is 7. The van der Waals surface area contributed by atoms with Crippen molar-refractivity contribution in [1.29, 1.82) is 0 Å². The van der Waals surface area contributed by atoms with Crippen LogP contribution >= 0.6 is 22.9 Å². The van der Waals surface area contributed by atoms with Gasteiger partial charge in [0.25, 0.3) is 0 Å². The maximum atomic E-state index is 6.28. The van der Waals surface area contributed by atoms with E-state index in [0.717, 1.165) is 28.7 Å². The minimum atomic E-state index is 0.193. The first-order chi connectivity index (χ1) is 9.26. The summed E-state index contributed by atoms with van der Waals surface area (Å²) < 4.78 is 6.37. The highest BCUT2D eigenvalue weighted by Gasteiger charge is 2.14. The lowest BCUT2D eigenvalue weighted by molar-refractivity contribution is 0.182. The maximum Gasteiger partial charge on any atom is 0.106 e. The fraction of sp³-hybridized carbons (Fsp3) is 0.462. The van der Waals surface area contributed by atoms with Gasteiger partial charge < -0.3 is 15.8 Å². The molecule has 0 aliphatic rings. The Labute approximate surface area is 121 Å². The van der Waals surface area contributed by atoms with Crippen LogP contribution in [0.3, 0.4) is 0 Å². The van der Waals surface area contributed by atoms with E-state index in [-0.39, 0.29) is 6.04 Å². The molecule has 0 spiro atoms. The zero-order valence-corrected chi connectivity index (χ0v) is 12.4. The van der Waals surface area contributed by atoms with Gasteiger partial charge in [-0.2, -0.15) is 0 Å². The number of nitrogens with two attached hydrogens (primary N) is 1. The molecule has 0 saturated carbocycles. The van der Waals surface area contributed by atoms with Crippen molar-refractivity contribution in [2.24, 2.45) is 5.73 Å². The Morgan fingerprint density at radius 3 is 3.11 bits per heavy atom. The van der Waals surface area contributed by atoms with E-state index in [4.69, 9.17) is 22.1 Å². The molecule has 0 fully saturated rings. The second-order valence-corrected chi connectivity index (χ2v) is 5.64. The Morgan fingerprint density at radius 1 is 1.53 bits per heavy atom. The molecule has 0 saturated heterocycles. The number of ether oxygens (including phenoxy) is 1. The zero-order valence-electron chi connectivity index (χ0n) is 10.9. The van der Waals surface area contributed by atoms with Gasteiger partial charge >= 0.3 is 0 Å². The smallest absolute Gasteiger partial charge is 0.106 e. The molecule has 104 valence electrons. The number of fused-ring (bicyclic) bond motifs is 1. The van der Waals surface area contributed by atoms with Crippen LogP contribution in [0.25, 0.3) is 10.2 Å². The third-order valence-electron chi connectivity index (χ3n) is 2.92. The molecule has 0 bridgehead atoms. The predicted octanol–water partition coefficient (Wildman–Crippen LogP) is 3.12. The molecule has 0 aliphatic heterocycles. The summed E-state index contributed by atoms with van der Waals surface area (Å²) in [4.78, 5) is 4.38. The molecule has 2 aromatic rings. The lowest BCUT2D eigenvalue weighted by atomic mass is 10.1. The van der Waals surface area contributed by atoms with Gasteiger partial charge in [0.2, 0.25) is 0 Å². The van der Waals surface area contributed by atoms with E-state index >= 15 is 0 Å². The summed E-state index contributed by atoms with van der Waals surface area (Å²) in [6.07, 6.45) is 1.90. The quantitative estimate of drug-likeness (QED) is 0.825. The number of hydrogen-bond donors (Lipinski definition) is 2. The number of methoxy groups -OCH3 is 1. The van der Waals surface area contributed by atoms with Gasteiger partial charge in [0.15, 0.2) is 0 Å². The van der Waals surface area contributed by atoms with Crippen molar-refractivity contribution in [2.45, 2.75) is 18.9 Å². The summed E-state index contributed by atoms with van der Waals surface area (Å²) in [5, 5.41) is 4.13. The predicted molar refractivity (Wildman–Crippen MR) is 82.2 cm³/mol. The van der Waals surface area contributed by atoms with Crippen LogP contribution in [0.4, 0.5) is 5.69 Å². The SMILES string of the molecule is COCC(CCCN)Nc1c(Cl)ccc2scnc12. The van der Waals surface area contributed by atoms with Gasteiger partial charge in [-0.3, -0.25) is 0 Å². The van der Waals surface area contributed by atoms with E-state index in [0.29, 0.717) is 18.2 Å². The Morgan fingerprint density at radius 2 is 2.37 bits per heavy atom. The first-order valence-corrected chi connectivity index (χ1v) is 7.49. The van der Waals surface area contributed by atoms with Crippen molar-refractivity contribution >= 4 is 38.8 Å². The zero-order chi connectivity index (χ0) is 13.7. The highest BCUT2D eigenvalue weighted by atomic mass is 35.5. The monoisotopic (exact) mass is 299 g/mol. The van der Waals surface area contributed by atoms with Gasteiger partial charge in [-0.05, 0) is 31.5 Å². The van der Waals surface area contributed by atoms with Gasteiger partial charge in [-0.15, -0.1) is 11.3 Å². The molecule has 1 heterocycles. The van der Waals surface area contributed by atoms with Crippen LogP contribution < -0.4 is 11.1 Å². The van der Waals surface area contributed by atoms with Crippen LogP contribution in [0.5, 0.6) is 0 Å². The number of thiazole rings is 1. The minimum Gasteiger partial charge on any atom is -0.383 e. The molecule has 1 aromatic heterocycles. The van der Waals surface area contributed by atoms with E-state index in [1.54, 1.807) is 18.4 Å². The number of halogens is 1. The fourth-order valence-corrected chi connectivity index (χ4v) is 2.90. The molecule has 0 aliphatic carbocycles. The minimum absolute atomic E-state index is 0.193. The topological polar surface area (TPSA) is 60.2 Å². The van der Waals surface area contributed by atoms with Gasteiger partial charge in [-0.25, -0.2) is 4.98 Å². The summed E-state index contributed by atoms with van der Waals surface area (Å²) >= 11 is 7.88. The highest BCUT2D eigenvalue weighted by Crippen LogP contribution is 2.33. The number of nitrogens with zero attached hydrogens (tertiary/aromatic N) is 1. The molecular weight excluding hydrogens is 282 g/mol. The average Bonchev–Trinajstić information content (AvgIpc) is 2.87. The second-order valence-electron chi connectivity index (χ2n) is 4.35. The number of hydrogen-bond acceptors (Lipinski definition) is 5. The van der Waals surface area contributed by atoms with E-state index in [1.165, 1.54) is 0 Å². The average molecular weight is 300 g/mol. The van der Waals surface area contributed by atoms with Crippen LogP contribution in [-0.2, 0) is 4.74 Å². The summed E-state index contributed by atoms with van der Waals surface area (Å²) in [6, 6.07) is 4.08. The van der Waals surface area contributed by atoms with Crippen molar-refractivity contribution in [3.05, 3.63) is 22.7 Å². The molecule has 6 heteroatoms. The molecule has 1 atom stereocenters. The molecule has 1 unspecified atom stereocenters. The molecule has 0 amide bonds. The Hall–Kier alpha value is -0.880. The van der Waals surface area contributed by atoms with Crippen molar-refractivity contribution in [1.82, 2.24) is 4.98 Å². The van der Waals surface area contributed by atoms with Crippen molar-refractivity contribution in [3.8, 4) is 0 Å². The number of nitrogens with one attached hydrogen (secondary N) is 1. The van der Waals surface area contributed by atoms with Crippen molar-refractivity contribution in [2.75, 3.05) is 25.6 Å². The number of anilines is 1. The molecule has 2 rings (SSSR count). The molecule has 19 heavy (non-hydrogen) atoms. The third kappa shape index (κ3) is 3.57. The van der Waals surface area contributed by atoms with E-state index in [9.17, 15) is 0 Å².